The third-order valence-electron chi connectivity index (χ3n) is 4.49. The Kier molecular flexibility index (Phi) is 5.77. The summed E-state index contributed by atoms with van der Waals surface area (Å²) in [7, 11) is 2.94. The van der Waals surface area contributed by atoms with Gasteiger partial charge < -0.3 is 24.5 Å². The zero-order chi connectivity index (χ0) is 22.1. The lowest BCUT2D eigenvalue weighted by molar-refractivity contribution is -0.153. The number of carboxylic acid groups (broad SMARTS) is 1. The maximum atomic E-state index is 12.7. The number of anilines is 2. The van der Waals surface area contributed by atoms with Gasteiger partial charge in [0.2, 0.25) is 0 Å². The number of methoxy groups -OCH3 is 1. The van der Waals surface area contributed by atoms with E-state index in [-0.39, 0.29) is 16.8 Å². The molecule has 2 N–H and O–H groups in total. The molecule has 160 valence electrons. The van der Waals surface area contributed by atoms with Crippen LogP contribution in [0.1, 0.15) is 23.1 Å². The summed E-state index contributed by atoms with van der Waals surface area (Å²) >= 11 is 0. The molecule has 0 aliphatic rings. The average Bonchev–Trinajstić information content (AvgIpc) is 2.96. The van der Waals surface area contributed by atoms with Crippen LogP contribution in [0.4, 0.5) is 24.5 Å². The number of hydrogen-bond acceptors (Lipinski definition) is 5. The third-order valence-corrected chi connectivity index (χ3v) is 4.49. The number of carbonyl (C=O) groups is 1. The molecule has 0 radical (unpaired) electrons. The lowest BCUT2D eigenvalue weighted by atomic mass is 10.2. The zero-order valence-corrected chi connectivity index (χ0v) is 16.5. The van der Waals surface area contributed by atoms with E-state index < -0.39 is 24.4 Å². The fourth-order valence-corrected chi connectivity index (χ4v) is 3.16. The Labute approximate surface area is 170 Å². The Hall–Kier alpha value is -3.43. The lowest BCUT2D eigenvalue weighted by Gasteiger charge is -2.14. The van der Waals surface area contributed by atoms with E-state index in [2.05, 4.69) is 10.3 Å². The standard InChI is InChI=1S/C20H20F3N3O4/c1-4-12-14(24-13-7-5-6-8-15(13)29-3)9-11-17(30-10-20(21,22)23)16(19(27)28)26(2)18(11)25-12/h5-9,24H,4,10H2,1-3H3,(H,27,28). The number of nitrogens with one attached hydrogen (secondary N) is 1. The molecule has 2 aromatic heterocycles. The number of rotatable bonds is 7. The molecule has 0 saturated carbocycles. The molecule has 2 heterocycles. The van der Waals surface area contributed by atoms with Gasteiger partial charge in [0, 0.05) is 7.05 Å². The van der Waals surface area contributed by atoms with Gasteiger partial charge in [0.15, 0.2) is 18.1 Å². The summed E-state index contributed by atoms with van der Waals surface area (Å²) in [6.07, 6.45) is -4.12. The summed E-state index contributed by atoms with van der Waals surface area (Å²) < 4.78 is 49.6. The van der Waals surface area contributed by atoms with Gasteiger partial charge in [-0.2, -0.15) is 13.2 Å². The summed E-state index contributed by atoms with van der Waals surface area (Å²) in [4.78, 5) is 16.2. The molecule has 3 rings (SSSR count). The molecule has 0 bridgehead atoms. The van der Waals surface area contributed by atoms with Crippen molar-refractivity contribution < 1.29 is 32.5 Å². The normalized spacial score (nSPS) is 11.5. The molecule has 10 heteroatoms. The summed E-state index contributed by atoms with van der Waals surface area (Å²) in [6.45, 7) is 0.251. The van der Waals surface area contributed by atoms with E-state index in [1.165, 1.54) is 18.7 Å². The number of fused-ring (bicyclic) bond motifs is 1. The predicted molar refractivity (Wildman–Crippen MR) is 105 cm³/mol. The fourth-order valence-electron chi connectivity index (χ4n) is 3.16. The smallest absolute Gasteiger partial charge is 0.422 e. The molecular weight excluding hydrogens is 403 g/mol. The number of ether oxygens (including phenoxy) is 2. The zero-order valence-electron chi connectivity index (χ0n) is 16.5. The van der Waals surface area contributed by atoms with Crippen LogP contribution in [0.15, 0.2) is 30.3 Å². The molecule has 0 saturated heterocycles. The largest absolute Gasteiger partial charge is 0.495 e. The Balaban J connectivity index is 2.18. The summed E-state index contributed by atoms with van der Waals surface area (Å²) in [5.41, 5.74) is 1.55. The number of aromatic carboxylic acids is 1. The van der Waals surface area contributed by atoms with Gasteiger partial charge in [0.25, 0.3) is 0 Å². The van der Waals surface area contributed by atoms with Gasteiger partial charge in [0.1, 0.15) is 11.4 Å². The number of halogens is 3. The van der Waals surface area contributed by atoms with Crippen molar-refractivity contribution in [2.24, 2.45) is 7.05 Å². The van der Waals surface area contributed by atoms with Crippen molar-refractivity contribution >= 4 is 28.4 Å². The van der Waals surface area contributed by atoms with Crippen LogP contribution in [0.25, 0.3) is 11.0 Å². The topological polar surface area (TPSA) is 85.6 Å². The fraction of sp³-hybridized carbons (Fsp3) is 0.300. The van der Waals surface area contributed by atoms with Gasteiger partial charge in [-0.15, -0.1) is 0 Å². The third kappa shape index (κ3) is 4.12. The SMILES string of the molecule is CCc1nc2c(cc1Nc1ccccc1OC)c(OCC(F)(F)F)c(C(=O)O)n2C. The second-order valence-electron chi connectivity index (χ2n) is 6.48. The molecule has 1 aromatic carbocycles. The van der Waals surface area contributed by atoms with Crippen LogP contribution < -0.4 is 14.8 Å². The summed E-state index contributed by atoms with van der Waals surface area (Å²) in [6, 6.07) is 8.67. The maximum Gasteiger partial charge on any atom is 0.422 e. The number of alkyl halides is 3. The Morgan fingerprint density at radius 3 is 2.57 bits per heavy atom. The Bertz CT molecular complexity index is 1090. The average molecular weight is 423 g/mol. The number of aromatic nitrogens is 2. The van der Waals surface area contributed by atoms with E-state index in [9.17, 15) is 23.1 Å². The highest BCUT2D eigenvalue weighted by atomic mass is 19.4. The van der Waals surface area contributed by atoms with Crippen molar-refractivity contribution in [2.45, 2.75) is 19.5 Å². The van der Waals surface area contributed by atoms with Crippen molar-refractivity contribution in [1.29, 1.82) is 0 Å². The van der Waals surface area contributed by atoms with Crippen LogP contribution >= 0.6 is 0 Å². The molecule has 0 amide bonds. The quantitative estimate of drug-likeness (QED) is 0.581. The monoisotopic (exact) mass is 423 g/mol. The van der Waals surface area contributed by atoms with Gasteiger partial charge in [0.05, 0.1) is 29.6 Å². The first-order valence-electron chi connectivity index (χ1n) is 9.01. The maximum absolute atomic E-state index is 12.7. The Morgan fingerprint density at radius 1 is 1.27 bits per heavy atom. The van der Waals surface area contributed by atoms with E-state index in [0.717, 1.165) is 0 Å². The molecule has 0 aliphatic carbocycles. The number of hydrogen-bond donors (Lipinski definition) is 2. The number of aryl methyl sites for hydroxylation is 2. The highest BCUT2D eigenvalue weighted by Gasteiger charge is 2.32. The van der Waals surface area contributed by atoms with Crippen LogP contribution in [0.5, 0.6) is 11.5 Å². The van der Waals surface area contributed by atoms with Crippen LogP contribution in [-0.4, -0.2) is 40.5 Å². The molecule has 0 atom stereocenters. The van der Waals surface area contributed by atoms with Gasteiger partial charge >= 0.3 is 12.1 Å². The van der Waals surface area contributed by atoms with E-state index in [0.29, 0.717) is 29.2 Å². The van der Waals surface area contributed by atoms with E-state index in [4.69, 9.17) is 9.47 Å². The van der Waals surface area contributed by atoms with Crippen LogP contribution in [0, 0.1) is 0 Å². The molecule has 0 unspecified atom stereocenters. The second kappa shape index (κ2) is 8.13. The van der Waals surface area contributed by atoms with E-state index >= 15 is 0 Å². The van der Waals surface area contributed by atoms with Crippen molar-refractivity contribution in [3.63, 3.8) is 0 Å². The van der Waals surface area contributed by atoms with Crippen LogP contribution in [0.2, 0.25) is 0 Å². The molecule has 0 aliphatic heterocycles. The number of benzene rings is 1. The summed E-state index contributed by atoms with van der Waals surface area (Å²) in [5, 5.41) is 12.9. The molecule has 3 aromatic rings. The predicted octanol–water partition coefficient (Wildman–Crippen LogP) is 4.53. The van der Waals surface area contributed by atoms with Gasteiger partial charge in [-0.25, -0.2) is 9.78 Å². The van der Waals surface area contributed by atoms with Crippen molar-refractivity contribution in [3.05, 3.63) is 41.7 Å². The highest BCUT2D eigenvalue weighted by molar-refractivity contribution is 6.01. The molecule has 7 nitrogen and oxygen atoms in total. The second-order valence-corrected chi connectivity index (χ2v) is 6.48. The minimum absolute atomic E-state index is 0.161. The number of carboxylic acids is 1. The van der Waals surface area contributed by atoms with Crippen molar-refractivity contribution in [3.8, 4) is 11.5 Å². The molecule has 0 fully saturated rings. The minimum atomic E-state index is -4.62. The minimum Gasteiger partial charge on any atom is -0.495 e. The Morgan fingerprint density at radius 2 is 1.97 bits per heavy atom. The summed E-state index contributed by atoms with van der Waals surface area (Å²) in [5.74, 6) is -1.23. The number of nitrogens with zero attached hydrogens (tertiary/aromatic N) is 2. The van der Waals surface area contributed by atoms with Crippen molar-refractivity contribution in [2.75, 3.05) is 19.0 Å². The van der Waals surface area contributed by atoms with Crippen LogP contribution in [0.3, 0.4) is 0 Å². The number of para-hydroxylation sites is 2. The van der Waals surface area contributed by atoms with Gasteiger partial charge in [-0.05, 0) is 24.6 Å². The lowest BCUT2D eigenvalue weighted by Crippen LogP contribution is -2.20. The first-order valence-corrected chi connectivity index (χ1v) is 9.01. The van der Waals surface area contributed by atoms with Crippen LogP contribution in [-0.2, 0) is 13.5 Å². The molecular formula is C20H20F3N3O4. The van der Waals surface area contributed by atoms with Gasteiger partial charge in [-0.1, -0.05) is 19.1 Å². The highest BCUT2D eigenvalue weighted by Crippen LogP contribution is 2.37. The van der Waals surface area contributed by atoms with E-state index in [1.54, 1.807) is 30.3 Å². The number of pyridine rings is 1. The molecule has 0 spiro atoms. The molecule has 30 heavy (non-hydrogen) atoms. The van der Waals surface area contributed by atoms with Crippen molar-refractivity contribution in [1.82, 2.24) is 9.55 Å². The van der Waals surface area contributed by atoms with E-state index in [1.807, 2.05) is 6.92 Å². The first-order chi connectivity index (χ1) is 14.2. The first kappa shape index (κ1) is 21.3. The van der Waals surface area contributed by atoms with Gasteiger partial charge in [-0.3, -0.25) is 0 Å².